The average Bonchev–Trinajstić information content (AvgIpc) is 2.39. The van der Waals surface area contributed by atoms with Crippen molar-refractivity contribution in [3.8, 4) is 0 Å². The lowest BCUT2D eigenvalue weighted by molar-refractivity contribution is 0.530. The number of fused-ring (bicyclic) bond motifs is 1. The molecule has 0 saturated heterocycles. The minimum atomic E-state index is 0.535. The van der Waals surface area contributed by atoms with Crippen LogP contribution in [0.2, 0.25) is 0 Å². The number of rotatable bonds is 6. The third kappa shape index (κ3) is 3.91. The van der Waals surface area contributed by atoms with Crippen LogP contribution in [0.25, 0.3) is 10.9 Å². The van der Waals surface area contributed by atoms with Crippen molar-refractivity contribution in [1.82, 2.24) is 15.3 Å². The van der Waals surface area contributed by atoms with Gasteiger partial charge >= 0.3 is 0 Å². The van der Waals surface area contributed by atoms with Crippen LogP contribution in [-0.2, 0) is 0 Å². The summed E-state index contributed by atoms with van der Waals surface area (Å²) >= 11 is 1.84. The Bertz CT molecular complexity index is 524. The largest absolute Gasteiger partial charge is 0.314 e. The Kier molecular flexibility index (Phi) is 5.16. The van der Waals surface area contributed by atoms with Crippen molar-refractivity contribution in [2.24, 2.45) is 0 Å². The highest BCUT2D eigenvalue weighted by Gasteiger charge is 2.12. The molecule has 0 bridgehead atoms. The smallest absolute Gasteiger partial charge is 0.117 e. The molecule has 0 aliphatic rings. The van der Waals surface area contributed by atoms with Crippen LogP contribution in [0.5, 0.6) is 0 Å². The normalized spacial score (nSPS) is 14.5. The molecule has 0 aliphatic carbocycles. The molecular formula is C15H21N3S. The number of aromatic nitrogens is 2. The maximum Gasteiger partial charge on any atom is 0.117 e. The average molecular weight is 275 g/mol. The summed E-state index contributed by atoms with van der Waals surface area (Å²) in [6.07, 6.45) is 2.79. The number of benzene rings is 1. The second kappa shape index (κ2) is 6.87. The molecule has 3 nitrogen and oxygen atoms in total. The Morgan fingerprint density at radius 2 is 2.00 bits per heavy atom. The van der Waals surface area contributed by atoms with Gasteiger partial charge in [-0.1, -0.05) is 32.0 Å². The second-order valence-electron chi connectivity index (χ2n) is 4.82. The lowest BCUT2D eigenvalue weighted by Gasteiger charge is -2.17. The van der Waals surface area contributed by atoms with Gasteiger partial charge in [-0.05, 0) is 26.0 Å². The van der Waals surface area contributed by atoms with Crippen LogP contribution in [0, 0.1) is 0 Å². The standard InChI is InChI=1S/C15H21N3S/c1-4-16-11(2)9-12(3)19-15-13-7-5-6-8-14(13)17-10-18-15/h5-8,10-12,16H,4,9H2,1-3H3. The van der Waals surface area contributed by atoms with E-state index < -0.39 is 0 Å². The van der Waals surface area contributed by atoms with Crippen molar-refractivity contribution < 1.29 is 0 Å². The summed E-state index contributed by atoms with van der Waals surface area (Å²) in [6.45, 7) is 7.66. The van der Waals surface area contributed by atoms with Gasteiger partial charge in [0, 0.05) is 16.7 Å². The van der Waals surface area contributed by atoms with Gasteiger partial charge < -0.3 is 5.32 Å². The number of hydrogen-bond donors (Lipinski definition) is 1. The molecule has 0 radical (unpaired) electrons. The fraction of sp³-hybridized carbons (Fsp3) is 0.467. The van der Waals surface area contributed by atoms with Crippen molar-refractivity contribution in [2.75, 3.05) is 6.54 Å². The molecule has 2 rings (SSSR count). The van der Waals surface area contributed by atoms with E-state index in [4.69, 9.17) is 0 Å². The molecule has 1 aromatic heterocycles. The first kappa shape index (κ1) is 14.3. The summed E-state index contributed by atoms with van der Waals surface area (Å²) in [7, 11) is 0. The fourth-order valence-electron chi connectivity index (χ4n) is 2.24. The molecule has 1 heterocycles. The van der Waals surface area contributed by atoms with E-state index in [0.29, 0.717) is 11.3 Å². The van der Waals surface area contributed by atoms with Crippen LogP contribution in [0.15, 0.2) is 35.6 Å². The summed E-state index contributed by atoms with van der Waals surface area (Å²) in [4.78, 5) is 8.73. The topological polar surface area (TPSA) is 37.8 Å². The van der Waals surface area contributed by atoms with E-state index >= 15 is 0 Å². The highest BCUT2D eigenvalue weighted by molar-refractivity contribution is 8.00. The Labute approximate surface area is 119 Å². The van der Waals surface area contributed by atoms with Gasteiger partial charge in [-0.2, -0.15) is 0 Å². The van der Waals surface area contributed by atoms with Crippen LogP contribution in [0.3, 0.4) is 0 Å². The van der Waals surface area contributed by atoms with Crippen molar-refractivity contribution in [1.29, 1.82) is 0 Å². The number of nitrogens with zero attached hydrogens (tertiary/aromatic N) is 2. The van der Waals surface area contributed by atoms with Crippen molar-refractivity contribution in [2.45, 2.75) is 43.5 Å². The zero-order valence-corrected chi connectivity index (χ0v) is 12.6. The Hall–Kier alpha value is -1.13. The van der Waals surface area contributed by atoms with E-state index in [9.17, 15) is 0 Å². The first-order valence-electron chi connectivity index (χ1n) is 6.80. The van der Waals surface area contributed by atoms with Gasteiger partial charge in [0.15, 0.2) is 0 Å². The predicted octanol–water partition coefficient (Wildman–Crippen LogP) is 3.50. The molecule has 0 amide bonds. The van der Waals surface area contributed by atoms with Crippen LogP contribution < -0.4 is 5.32 Å². The molecule has 102 valence electrons. The van der Waals surface area contributed by atoms with E-state index in [-0.39, 0.29) is 0 Å². The maximum atomic E-state index is 4.43. The molecule has 1 aromatic carbocycles. The Morgan fingerprint density at radius 1 is 1.21 bits per heavy atom. The summed E-state index contributed by atoms with van der Waals surface area (Å²) in [5.41, 5.74) is 1.02. The van der Waals surface area contributed by atoms with Gasteiger partial charge in [-0.3, -0.25) is 0 Å². The molecule has 1 N–H and O–H groups in total. The fourth-order valence-corrected chi connectivity index (χ4v) is 3.42. The Morgan fingerprint density at radius 3 is 2.79 bits per heavy atom. The van der Waals surface area contributed by atoms with E-state index in [0.717, 1.165) is 28.9 Å². The van der Waals surface area contributed by atoms with Crippen LogP contribution in [-0.4, -0.2) is 27.8 Å². The first-order valence-corrected chi connectivity index (χ1v) is 7.68. The van der Waals surface area contributed by atoms with Crippen molar-refractivity contribution >= 4 is 22.7 Å². The molecular weight excluding hydrogens is 254 g/mol. The summed E-state index contributed by atoms with van der Waals surface area (Å²) in [5.74, 6) is 0. The molecule has 0 saturated carbocycles. The SMILES string of the molecule is CCNC(C)CC(C)Sc1ncnc2ccccc12. The van der Waals surface area contributed by atoms with Crippen LogP contribution >= 0.6 is 11.8 Å². The van der Waals surface area contributed by atoms with Crippen LogP contribution in [0.1, 0.15) is 27.2 Å². The van der Waals surface area contributed by atoms with Crippen LogP contribution in [0.4, 0.5) is 0 Å². The zero-order valence-electron chi connectivity index (χ0n) is 11.8. The lowest BCUT2D eigenvalue weighted by Crippen LogP contribution is -2.28. The maximum absolute atomic E-state index is 4.43. The highest BCUT2D eigenvalue weighted by Crippen LogP contribution is 2.29. The van der Waals surface area contributed by atoms with Gasteiger partial charge in [-0.25, -0.2) is 9.97 Å². The zero-order chi connectivity index (χ0) is 13.7. The van der Waals surface area contributed by atoms with Gasteiger partial charge in [0.2, 0.25) is 0 Å². The molecule has 2 aromatic rings. The third-order valence-electron chi connectivity index (χ3n) is 3.06. The molecule has 4 heteroatoms. The van der Waals surface area contributed by atoms with E-state index in [1.165, 1.54) is 0 Å². The summed E-state index contributed by atoms with van der Waals surface area (Å²) in [6, 6.07) is 8.73. The third-order valence-corrected chi connectivity index (χ3v) is 4.20. The quantitative estimate of drug-likeness (QED) is 0.647. The van der Waals surface area contributed by atoms with E-state index in [1.807, 2.05) is 30.0 Å². The minimum absolute atomic E-state index is 0.535. The molecule has 0 fully saturated rings. The predicted molar refractivity (Wildman–Crippen MR) is 82.6 cm³/mol. The Balaban J connectivity index is 2.08. The molecule has 0 aliphatic heterocycles. The van der Waals surface area contributed by atoms with Crippen molar-refractivity contribution in [3.05, 3.63) is 30.6 Å². The van der Waals surface area contributed by atoms with Crippen molar-refractivity contribution in [3.63, 3.8) is 0 Å². The van der Waals surface area contributed by atoms with E-state index in [1.54, 1.807) is 6.33 Å². The summed E-state index contributed by atoms with van der Waals surface area (Å²) < 4.78 is 0. The molecule has 0 spiro atoms. The molecule has 19 heavy (non-hydrogen) atoms. The number of thioether (sulfide) groups is 1. The monoisotopic (exact) mass is 275 g/mol. The van der Waals surface area contributed by atoms with Gasteiger partial charge in [-0.15, -0.1) is 11.8 Å². The number of hydrogen-bond acceptors (Lipinski definition) is 4. The highest BCUT2D eigenvalue weighted by atomic mass is 32.2. The van der Waals surface area contributed by atoms with Gasteiger partial charge in [0.1, 0.15) is 11.4 Å². The number of nitrogens with one attached hydrogen (secondary N) is 1. The minimum Gasteiger partial charge on any atom is -0.314 e. The number of para-hydroxylation sites is 1. The van der Waals surface area contributed by atoms with E-state index in [2.05, 4.69) is 42.1 Å². The molecule has 2 atom stereocenters. The summed E-state index contributed by atoms with van der Waals surface area (Å²) in [5, 5.41) is 6.22. The lowest BCUT2D eigenvalue weighted by atomic mass is 10.2. The molecule has 2 unspecified atom stereocenters. The second-order valence-corrected chi connectivity index (χ2v) is 6.25. The van der Waals surface area contributed by atoms with Gasteiger partial charge in [0.25, 0.3) is 0 Å². The van der Waals surface area contributed by atoms with Gasteiger partial charge in [0.05, 0.1) is 5.52 Å². The first-order chi connectivity index (χ1) is 9.20.